The number of ether oxygens (including phenoxy) is 1. The SMILES string of the molecule is O=C1O[C@H]([C@@H](O)CO)C(O)=C1[O-].[Cl-].[Na+].[Na+]. The smallest absolute Gasteiger partial charge is 1.00 e. The number of rotatable bonds is 2. The van der Waals surface area contributed by atoms with Gasteiger partial charge in [0.25, 0.3) is 0 Å². The monoisotopic (exact) mass is 256 g/mol. The molecule has 0 radical (unpaired) electrons. The third-order valence-corrected chi connectivity index (χ3v) is 1.46. The first-order chi connectivity index (χ1) is 5.57. The molecule has 3 N–H and O–H groups in total. The maximum Gasteiger partial charge on any atom is 1.00 e. The summed E-state index contributed by atoms with van der Waals surface area (Å²) in [5, 5.41) is 36.8. The number of carbonyl (C=O) groups is 1. The first-order valence-corrected chi connectivity index (χ1v) is 3.18. The molecular weight excluding hydrogens is 249 g/mol. The van der Waals surface area contributed by atoms with Crippen molar-refractivity contribution in [2.75, 3.05) is 6.61 Å². The Hall–Kier alpha value is 1.02. The summed E-state index contributed by atoms with van der Waals surface area (Å²) in [7, 11) is 0. The largest absolute Gasteiger partial charge is 1.00 e. The zero-order valence-electron chi connectivity index (χ0n) is 8.31. The van der Waals surface area contributed by atoms with E-state index < -0.39 is 36.3 Å². The van der Waals surface area contributed by atoms with Gasteiger partial charge >= 0.3 is 65.1 Å². The fourth-order valence-electron chi connectivity index (χ4n) is 0.815. The van der Waals surface area contributed by atoms with Crippen molar-refractivity contribution >= 4 is 5.97 Å². The fraction of sp³-hybridized carbons (Fsp3) is 0.500. The molecule has 1 heterocycles. The van der Waals surface area contributed by atoms with Gasteiger partial charge in [0.15, 0.2) is 6.10 Å². The van der Waals surface area contributed by atoms with Gasteiger partial charge in [-0.3, -0.25) is 0 Å². The average molecular weight is 257 g/mol. The van der Waals surface area contributed by atoms with Crippen LogP contribution in [0.4, 0.5) is 0 Å². The Morgan fingerprint density at radius 2 is 1.93 bits per heavy atom. The van der Waals surface area contributed by atoms with Crippen LogP contribution in [0.2, 0.25) is 0 Å². The van der Waals surface area contributed by atoms with Crippen molar-refractivity contribution < 1.29 is 101 Å². The summed E-state index contributed by atoms with van der Waals surface area (Å²) < 4.78 is 4.25. The van der Waals surface area contributed by atoms with E-state index in [4.69, 9.17) is 15.3 Å². The van der Waals surface area contributed by atoms with E-state index in [0.717, 1.165) is 0 Å². The van der Waals surface area contributed by atoms with Crippen LogP contribution in [0.5, 0.6) is 0 Å². The Morgan fingerprint density at radius 1 is 1.47 bits per heavy atom. The predicted octanol–water partition coefficient (Wildman–Crippen LogP) is -11.6. The van der Waals surface area contributed by atoms with Crippen LogP contribution in [0.3, 0.4) is 0 Å². The zero-order valence-corrected chi connectivity index (χ0v) is 13.1. The van der Waals surface area contributed by atoms with E-state index in [0.29, 0.717) is 0 Å². The van der Waals surface area contributed by atoms with Crippen molar-refractivity contribution in [2.24, 2.45) is 0 Å². The molecule has 0 fully saturated rings. The molecule has 1 aliphatic heterocycles. The van der Waals surface area contributed by atoms with Crippen molar-refractivity contribution in [3.63, 3.8) is 0 Å². The van der Waals surface area contributed by atoms with Gasteiger partial charge in [0.2, 0.25) is 0 Å². The van der Waals surface area contributed by atoms with Gasteiger partial charge in [-0.05, 0) is 0 Å². The van der Waals surface area contributed by atoms with Gasteiger partial charge in [0.1, 0.15) is 11.9 Å². The molecule has 0 bridgehead atoms. The van der Waals surface area contributed by atoms with E-state index in [-0.39, 0.29) is 71.5 Å². The third-order valence-electron chi connectivity index (χ3n) is 1.46. The molecule has 0 spiro atoms. The number of hydrogen-bond acceptors (Lipinski definition) is 6. The molecule has 6 nitrogen and oxygen atoms in total. The molecule has 1 rings (SSSR count). The van der Waals surface area contributed by atoms with Gasteiger partial charge in [-0.2, -0.15) is 0 Å². The van der Waals surface area contributed by atoms with Crippen LogP contribution < -0.4 is 76.6 Å². The first-order valence-electron chi connectivity index (χ1n) is 3.18. The Morgan fingerprint density at radius 3 is 2.20 bits per heavy atom. The molecule has 15 heavy (non-hydrogen) atoms. The second kappa shape index (κ2) is 9.09. The Bertz CT molecular complexity index is 246. The number of carbonyl (C=O) groups excluding carboxylic acids is 1. The second-order valence-corrected chi connectivity index (χ2v) is 2.29. The Labute approximate surface area is 136 Å². The van der Waals surface area contributed by atoms with Gasteiger partial charge in [-0.25, -0.2) is 4.79 Å². The standard InChI is InChI=1S/C6H8O6.ClH.2Na/c7-1-2(8)5-3(9)4(10)6(11)12-5;;;/h2,5,7-10H,1H2;1H;;/q;;2*+1/p-2/t2-,5+;;;/m0.../s1. The van der Waals surface area contributed by atoms with Crippen LogP contribution in [0, 0.1) is 0 Å². The van der Waals surface area contributed by atoms with E-state index in [1.165, 1.54) is 0 Å². The maximum absolute atomic E-state index is 10.6. The van der Waals surface area contributed by atoms with Crippen molar-refractivity contribution in [3.8, 4) is 0 Å². The van der Waals surface area contributed by atoms with Crippen LogP contribution in [0.25, 0.3) is 0 Å². The summed E-state index contributed by atoms with van der Waals surface area (Å²) in [5.41, 5.74) is 0. The molecule has 0 aromatic heterocycles. The van der Waals surface area contributed by atoms with E-state index in [1.807, 2.05) is 0 Å². The minimum atomic E-state index is -1.46. The number of hydrogen-bond donors (Lipinski definition) is 3. The van der Waals surface area contributed by atoms with E-state index in [9.17, 15) is 9.90 Å². The van der Waals surface area contributed by atoms with Gasteiger partial charge in [-0.15, -0.1) is 0 Å². The molecule has 2 atom stereocenters. The molecule has 0 aliphatic carbocycles. The number of halogens is 1. The second-order valence-electron chi connectivity index (χ2n) is 2.29. The van der Waals surface area contributed by atoms with Crippen LogP contribution in [0.1, 0.15) is 0 Å². The summed E-state index contributed by atoms with van der Waals surface area (Å²) in [6, 6.07) is 0. The molecule has 0 saturated heterocycles. The summed E-state index contributed by atoms with van der Waals surface area (Å²) >= 11 is 0. The molecule has 0 amide bonds. The van der Waals surface area contributed by atoms with Gasteiger partial charge < -0.3 is 37.6 Å². The van der Waals surface area contributed by atoms with Crippen LogP contribution >= 0.6 is 0 Å². The molecule has 0 aromatic carbocycles. The topological polar surface area (TPSA) is 110 Å². The molecule has 0 aromatic rings. The number of esters is 1. The number of aliphatic hydroxyl groups excluding tert-OH is 3. The zero-order chi connectivity index (χ0) is 9.30. The summed E-state index contributed by atoms with van der Waals surface area (Å²) in [6.07, 6.45) is -2.88. The van der Waals surface area contributed by atoms with Crippen LogP contribution in [0.15, 0.2) is 11.5 Å². The quantitative estimate of drug-likeness (QED) is 0.334. The minimum absolute atomic E-state index is 0. The van der Waals surface area contributed by atoms with E-state index >= 15 is 0 Å². The number of aliphatic hydroxyl groups is 3. The van der Waals surface area contributed by atoms with Gasteiger partial charge in [0.05, 0.1) is 6.61 Å². The maximum atomic E-state index is 10.6. The van der Waals surface area contributed by atoms with Crippen molar-refractivity contribution in [1.29, 1.82) is 0 Å². The average Bonchev–Trinajstić information content (AvgIpc) is 2.32. The molecule has 76 valence electrons. The van der Waals surface area contributed by atoms with E-state index in [2.05, 4.69) is 4.74 Å². The molecule has 1 aliphatic rings. The normalized spacial score (nSPS) is 20.7. The fourth-order valence-corrected chi connectivity index (χ4v) is 0.815. The predicted molar refractivity (Wildman–Crippen MR) is 32.6 cm³/mol. The molecule has 0 unspecified atom stereocenters. The first kappa shape index (κ1) is 21.3. The van der Waals surface area contributed by atoms with Gasteiger partial charge in [0, 0.05) is 5.76 Å². The van der Waals surface area contributed by atoms with Crippen molar-refractivity contribution in [2.45, 2.75) is 12.2 Å². The molecular formula is C6H7ClNa2O6. The van der Waals surface area contributed by atoms with Crippen LogP contribution in [-0.2, 0) is 9.53 Å². The van der Waals surface area contributed by atoms with Crippen molar-refractivity contribution in [1.82, 2.24) is 0 Å². The third kappa shape index (κ3) is 4.80. The Kier molecular flexibility index (Phi) is 12.9. The molecule has 0 saturated carbocycles. The number of cyclic esters (lactones) is 1. The summed E-state index contributed by atoms with van der Waals surface area (Å²) in [6.45, 7) is -0.699. The van der Waals surface area contributed by atoms with Crippen LogP contribution in [-0.4, -0.2) is 40.1 Å². The summed E-state index contributed by atoms with van der Waals surface area (Å²) in [4.78, 5) is 10.5. The van der Waals surface area contributed by atoms with Gasteiger partial charge in [-0.1, -0.05) is 0 Å². The minimum Gasteiger partial charge on any atom is -1.00 e. The Balaban J connectivity index is -0.000000480. The van der Waals surface area contributed by atoms with E-state index in [1.54, 1.807) is 0 Å². The van der Waals surface area contributed by atoms with Crippen molar-refractivity contribution in [3.05, 3.63) is 11.5 Å². The summed E-state index contributed by atoms with van der Waals surface area (Å²) in [5.74, 6) is -3.25. The molecule has 9 heteroatoms.